The van der Waals surface area contributed by atoms with E-state index in [4.69, 9.17) is 10.2 Å². The molecule has 0 spiro atoms. The Bertz CT molecular complexity index is 502. The molecule has 2 N–H and O–H groups in total. The smallest absolute Gasteiger partial charge is 0.303 e. The molecule has 0 aliphatic heterocycles. The molecule has 0 unspecified atom stereocenters. The minimum absolute atomic E-state index is 0.139. The molecular weight excluding hydrogens is 270 g/mol. The Labute approximate surface area is 123 Å². The number of rotatable bonds is 6. The van der Waals surface area contributed by atoms with E-state index in [9.17, 15) is 9.59 Å². The van der Waals surface area contributed by atoms with Crippen LogP contribution in [0.15, 0.2) is 42.7 Å². The van der Waals surface area contributed by atoms with Gasteiger partial charge in [0.15, 0.2) is 0 Å². The highest BCUT2D eigenvalue weighted by Crippen LogP contribution is 2.09. The maximum atomic E-state index is 9.98. The van der Waals surface area contributed by atoms with Crippen LogP contribution in [0, 0.1) is 0 Å². The van der Waals surface area contributed by atoms with Crippen LogP contribution in [0.4, 0.5) is 0 Å². The van der Waals surface area contributed by atoms with Crippen LogP contribution >= 0.6 is 0 Å². The van der Waals surface area contributed by atoms with E-state index in [0.29, 0.717) is 19.3 Å². The lowest BCUT2D eigenvalue weighted by Gasteiger charge is -1.94. The lowest BCUT2D eigenvalue weighted by Crippen LogP contribution is -1.96. The first-order valence-electron chi connectivity index (χ1n) is 6.82. The quantitative estimate of drug-likeness (QED) is 0.796. The van der Waals surface area contributed by atoms with Crippen molar-refractivity contribution in [2.45, 2.75) is 32.1 Å². The van der Waals surface area contributed by atoms with Crippen molar-refractivity contribution in [3.63, 3.8) is 0 Å². The van der Waals surface area contributed by atoms with Gasteiger partial charge in [-0.3, -0.25) is 14.6 Å². The number of nitrogens with zero attached hydrogens (tertiary/aromatic N) is 1. The number of carbonyl (C=O) groups is 2. The van der Waals surface area contributed by atoms with Crippen LogP contribution in [0.3, 0.4) is 0 Å². The van der Waals surface area contributed by atoms with Gasteiger partial charge in [0.05, 0.1) is 0 Å². The average Bonchev–Trinajstić information content (AvgIpc) is 2.47. The Hall–Kier alpha value is -2.43. The zero-order valence-corrected chi connectivity index (χ0v) is 11.7. The van der Waals surface area contributed by atoms with Crippen LogP contribution in [-0.2, 0) is 9.59 Å². The Morgan fingerprint density at radius 2 is 1.43 bits per heavy atom. The molecular formula is C16H19NO4. The highest BCUT2D eigenvalue weighted by molar-refractivity contribution is 5.80. The molecule has 0 aliphatic carbocycles. The van der Waals surface area contributed by atoms with Crippen molar-refractivity contribution < 1.29 is 19.8 Å². The Balaban J connectivity index is 0.000000210. The van der Waals surface area contributed by atoms with Crippen LogP contribution in [0.2, 0.25) is 0 Å². The van der Waals surface area contributed by atoms with Gasteiger partial charge in [0.25, 0.3) is 0 Å². The predicted molar refractivity (Wildman–Crippen MR) is 80.1 cm³/mol. The zero-order valence-electron chi connectivity index (χ0n) is 11.7. The molecule has 2 rings (SSSR count). The molecule has 1 aromatic carbocycles. The third kappa shape index (κ3) is 7.67. The number of carboxylic acids is 2. The van der Waals surface area contributed by atoms with Crippen LogP contribution in [0.25, 0.3) is 10.8 Å². The van der Waals surface area contributed by atoms with Crippen LogP contribution in [-0.4, -0.2) is 27.1 Å². The van der Waals surface area contributed by atoms with Gasteiger partial charge in [0.1, 0.15) is 0 Å². The Morgan fingerprint density at radius 3 is 1.95 bits per heavy atom. The summed E-state index contributed by atoms with van der Waals surface area (Å²) in [5, 5.41) is 18.9. The number of pyridine rings is 1. The third-order valence-corrected chi connectivity index (χ3v) is 2.83. The van der Waals surface area contributed by atoms with Gasteiger partial charge in [0, 0.05) is 25.2 Å². The topological polar surface area (TPSA) is 87.5 Å². The molecule has 0 fully saturated rings. The molecule has 0 bridgehead atoms. The number of unbranched alkanes of at least 4 members (excludes halogenated alkanes) is 2. The fourth-order valence-corrected chi connectivity index (χ4v) is 1.76. The number of fused-ring (bicyclic) bond motifs is 1. The molecule has 0 atom stereocenters. The molecule has 112 valence electrons. The van der Waals surface area contributed by atoms with Gasteiger partial charge < -0.3 is 10.2 Å². The fraction of sp³-hybridized carbons (Fsp3) is 0.312. The largest absolute Gasteiger partial charge is 0.481 e. The highest BCUT2D eigenvalue weighted by Gasteiger charge is 1.98. The molecule has 0 amide bonds. The van der Waals surface area contributed by atoms with Crippen molar-refractivity contribution in [2.75, 3.05) is 0 Å². The van der Waals surface area contributed by atoms with E-state index in [1.807, 2.05) is 30.6 Å². The third-order valence-electron chi connectivity index (χ3n) is 2.83. The van der Waals surface area contributed by atoms with E-state index in [1.54, 1.807) is 0 Å². The number of benzene rings is 1. The van der Waals surface area contributed by atoms with Gasteiger partial charge in [0.2, 0.25) is 0 Å². The number of carboxylic acid groups (broad SMARTS) is 2. The molecule has 5 heteroatoms. The van der Waals surface area contributed by atoms with E-state index < -0.39 is 11.9 Å². The summed E-state index contributed by atoms with van der Waals surface area (Å²) in [6, 6.07) is 10.2. The van der Waals surface area contributed by atoms with Gasteiger partial charge >= 0.3 is 11.9 Å². The van der Waals surface area contributed by atoms with Gasteiger partial charge in [-0.05, 0) is 29.7 Å². The molecule has 5 nitrogen and oxygen atoms in total. The highest BCUT2D eigenvalue weighted by atomic mass is 16.4. The summed E-state index contributed by atoms with van der Waals surface area (Å²) in [4.78, 5) is 24.0. The summed E-state index contributed by atoms with van der Waals surface area (Å²) in [5.41, 5.74) is 0. The summed E-state index contributed by atoms with van der Waals surface area (Å²) >= 11 is 0. The van der Waals surface area contributed by atoms with E-state index >= 15 is 0 Å². The molecule has 21 heavy (non-hydrogen) atoms. The number of hydrogen-bond acceptors (Lipinski definition) is 3. The van der Waals surface area contributed by atoms with Crippen molar-refractivity contribution in [2.24, 2.45) is 0 Å². The van der Waals surface area contributed by atoms with Crippen molar-refractivity contribution in [3.8, 4) is 0 Å². The lowest BCUT2D eigenvalue weighted by molar-refractivity contribution is -0.137. The molecule has 0 radical (unpaired) electrons. The van der Waals surface area contributed by atoms with E-state index in [-0.39, 0.29) is 12.8 Å². The summed E-state index contributed by atoms with van der Waals surface area (Å²) < 4.78 is 0. The molecule has 0 aliphatic rings. The second kappa shape index (κ2) is 9.47. The van der Waals surface area contributed by atoms with Gasteiger partial charge in [-0.2, -0.15) is 0 Å². The summed E-state index contributed by atoms with van der Waals surface area (Å²) in [6.07, 6.45) is 5.78. The van der Waals surface area contributed by atoms with Gasteiger partial charge in [-0.25, -0.2) is 0 Å². The first-order valence-corrected chi connectivity index (χ1v) is 6.82. The first kappa shape index (κ1) is 16.6. The minimum Gasteiger partial charge on any atom is -0.481 e. The summed E-state index contributed by atoms with van der Waals surface area (Å²) in [5.74, 6) is -1.64. The van der Waals surface area contributed by atoms with E-state index in [1.165, 1.54) is 10.8 Å². The minimum atomic E-state index is -0.819. The molecule has 1 heterocycles. The maximum Gasteiger partial charge on any atom is 0.303 e. The Kier molecular flexibility index (Phi) is 7.50. The average molecular weight is 289 g/mol. The predicted octanol–water partition coefficient (Wildman–Crippen LogP) is 3.34. The number of hydrogen-bond donors (Lipinski definition) is 2. The van der Waals surface area contributed by atoms with Crippen LogP contribution < -0.4 is 0 Å². The SMILES string of the molecule is O=C(O)CCCCCC(=O)O.c1ccc2cnccc2c1. The van der Waals surface area contributed by atoms with Crippen molar-refractivity contribution in [1.29, 1.82) is 0 Å². The first-order chi connectivity index (χ1) is 10.1. The van der Waals surface area contributed by atoms with Crippen LogP contribution in [0.5, 0.6) is 0 Å². The standard InChI is InChI=1S/C9H7N.C7H12O4/c1-2-4-9-7-10-6-5-8(9)3-1;8-6(9)4-2-1-3-5-7(10)11/h1-7H;1-5H2,(H,8,9)(H,10,11). The lowest BCUT2D eigenvalue weighted by atomic mass is 10.1. The number of aliphatic carboxylic acids is 2. The number of aromatic nitrogens is 1. The van der Waals surface area contributed by atoms with Crippen molar-refractivity contribution in [1.82, 2.24) is 4.98 Å². The second-order valence-electron chi connectivity index (χ2n) is 4.57. The monoisotopic (exact) mass is 289 g/mol. The summed E-state index contributed by atoms with van der Waals surface area (Å²) in [6.45, 7) is 0. The zero-order chi connectivity index (χ0) is 15.5. The Morgan fingerprint density at radius 1 is 0.857 bits per heavy atom. The van der Waals surface area contributed by atoms with E-state index in [2.05, 4.69) is 17.1 Å². The molecule has 1 aromatic heterocycles. The van der Waals surface area contributed by atoms with E-state index in [0.717, 1.165) is 0 Å². The normalized spacial score (nSPS) is 9.71. The van der Waals surface area contributed by atoms with Crippen molar-refractivity contribution in [3.05, 3.63) is 42.7 Å². The summed E-state index contributed by atoms with van der Waals surface area (Å²) in [7, 11) is 0. The molecule has 2 aromatic rings. The van der Waals surface area contributed by atoms with Crippen LogP contribution in [0.1, 0.15) is 32.1 Å². The molecule has 0 saturated carbocycles. The van der Waals surface area contributed by atoms with Gasteiger partial charge in [-0.15, -0.1) is 0 Å². The molecule has 0 saturated heterocycles. The fourth-order valence-electron chi connectivity index (χ4n) is 1.76. The maximum absolute atomic E-state index is 9.98. The second-order valence-corrected chi connectivity index (χ2v) is 4.57. The van der Waals surface area contributed by atoms with Gasteiger partial charge in [-0.1, -0.05) is 30.7 Å². The van der Waals surface area contributed by atoms with Crippen molar-refractivity contribution >= 4 is 22.7 Å².